The van der Waals surface area contributed by atoms with Crippen LogP contribution in [0, 0.1) is 0 Å². The molecule has 0 bridgehead atoms. The molecule has 7 heteroatoms. The van der Waals surface area contributed by atoms with E-state index in [9.17, 15) is 9.36 Å². The second-order valence-electron chi connectivity index (χ2n) is 8.08. The Hall–Kier alpha value is -3.70. The summed E-state index contributed by atoms with van der Waals surface area (Å²) in [5.74, 6) is -1.07. The molecule has 184 valence electrons. The van der Waals surface area contributed by atoms with E-state index in [0.717, 1.165) is 16.7 Å². The van der Waals surface area contributed by atoms with Gasteiger partial charge in [-0.1, -0.05) is 121 Å². The average Bonchev–Trinajstić information content (AvgIpc) is 2.95. The quantitative estimate of drug-likeness (QED) is 0.219. The summed E-state index contributed by atoms with van der Waals surface area (Å²) in [4.78, 5) is 12.8. The lowest BCUT2D eigenvalue weighted by atomic mass is 10.2. The van der Waals surface area contributed by atoms with E-state index in [4.69, 9.17) is 13.8 Å². The molecule has 0 radical (unpaired) electrons. The topological polar surface area (TPSA) is 73.9 Å². The van der Waals surface area contributed by atoms with Crippen LogP contribution in [-0.4, -0.2) is 6.09 Å². The van der Waals surface area contributed by atoms with Gasteiger partial charge in [-0.2, -0.15) is 0 Å². The Morgan fingerprint density at radius 2 is 1.00 bits per heavy atom. The summed E-state index contributed by atoms with van der Waals surface area (Å²) in [7, 11) is -3.94. The summed E-state index contributed by atoms with van der Waals surface area (Å²) in [6.07, 6.45) is -0.723. The lowest BCUT2D eigenvalue weighted by Crippen LogP contribution is -2.30. The molecule has 4 aromatic rings. The van der Waals surface area contributed by atoms with Crippen molar-refractivity contribution < 1.29 is 23.1 Å². The van der Waals surface area contributed by atoms with E-state index in [1.807, 2.05) is 97.1 Å². The molecule has 0 fully saturated rings. The van der Waals surface area contributed by atoms with Crippen LogP contribution >= 0.6 is 7.60 Å². The van der Waals surface area contributed by atoms with Gasteiger partial charge >= 0.3 is 13.7 Å². The highest BCUT2D eigenvalue weighted by molar-refractivity contribution is 7.54. The summed E-state index contributed by atoms with van der Waals surface area (Å²) in [6.45, 7) is 0.183. The van der Waals surface area contributed by atoms with Crippen LogP contribution in [0.1, 0.15) is 28.0 Å². The molecule has 36 heavy (non-hydrogen) atoms. The Bertz CT molecular complexity index is 1210. The third kappa shape index (κ3) is 7.40. The average molecular weight is 502 g/mol. The standard InChI is InChI=1S/C29H28NO5P/c31-29(33-21-24-13-5-1-6-14-24)30-28(27-19-11-4-12-20-27)36(32,34-22-25-15-7-2-8-16-25)35-23-26-17-9-3-10-18-26/h1-20,28H,21-23H2,(H,30,31). The number of alkyl carbamates (subject to hydrolysis) is 1. The van der Waals surface area contributed by atoms with Gasteiger partial charge < -0.3 is 19.1 Å². The molecule has 1 atom stereocenters. The van der Waals surface area contributed by atoms with Gasteiger partial charge in [0, 0.05) is 0 Å². The van der Waals surface area contributed by atoms with Crippen molar-refractivity contribution in [1.82, 2.24) is 5.32 Å². The third-order valence-electron chi connectivity index (χ3n) is 5.41. The van der Waals surface area contributed by atoms with Gasteiger partial charge in [0.05, 0.1) is 13.2 Å². The number of hydrogen-bond donors (Lipinski definition) is 1. The van der Waals surface area contributed by atoms with Gasteiger partial charge in [-0.3, -0.25) is 4.57 Å². The van der Waals surface area contributed by atoms with E-state index < -0.39 is 19.5 Å². The van der Waals surface area contributed by atoms with Gasteiger partial charge in [0.25, 0.3) is 0 Å². The monoisotopic (exact) mass is 501 g/mol. The van der Waals surface area contributed by atoms with Gasteiger partial charge in [0.15, 0.2) is 5.78 Å². The molecular formula is C29H28NO5P. The Kier molecular flexibility index (Phi) is 9.06. The smallest absolute Gasteiger partial charge is 0.408 e. The fraction of sp³-hybridized carbons (Fsp3) is 0.138. The number of carbonyl (C=O) groups is 1. The molecule has 0 aliphatic heterocycles. The van der Waals surface area contributed by atoms with E-state index in [1.54, 1.807) is 24.3 Å². The second-order valence-corrected chi connectivity index (χ2v) is 10.2. The minimum atomic E-state index is -3.94. The van der Waals surface area contributed by atoms with E-state index in [0.29, 0.717) is 5.56 Å². The summed E-state index contributed by atoms with van der Waals surface area (Å²) in [5, 5.41) is 2.74. The molecule has 0 aliphatic carbocycles. The number of carbonyl (C=O) groups excluding carboxylic acids is 1. The van der Waals surface area contributed by atoms with Gasteiger partial charge in [-0.25, -0.2) is 4.79 Å². The summed E-state index contributed by atoms with van der Waals surface area (Å²) < 4.78 is 31.7. The van der Waals surface area contributed by atoms with Crippen LogP contribution in [0.4, 0.5) is 4.79 Å². The van der Waals surface area contributed by atoms with Gasteiger partial charge in [-0.15, -0.1) is 0 Å². The summed E-state index contributed by atoms with van der Waals surface area (Å²) >= 11 is 0. The van der Waals surface area contributed by atoms with E-state index >= 15 is 0 Å². The Labute approximate surface area is 211 Å². The number of nitrogens with one attached hydrogen (secondary N) is 1. The van der Waals surface area contributed by atoms with Crippen molar-refractivity contribution in [2.24, 2.45) is 0 Å². The van der Waals surface area contributed by atoms with Crippen molar-refractivity contribution in [2.45, 2.75) is 25.6 Å². The van der Waals surface area contributed by atoms with E-state index in [2.05, 4.69) is 5.32 Å². The van der Waals surface area contributed by atoms with Crippen molar-refractivity contribution in [3.63, 3.8) is 0 Å². The lowest BCUT2D eigenvalue weighted by Gasteiger charge is -2.28. The SMILES string of the molecule is O=C(NC(c1ccccc1)P(=O)(OCc1ccccc1)OCc1ccccc1)OCc1ccccc1. The van der Waals surface area contributed by atoms with Crippen LogP contribution in [0.2, 0.25) is 0 Å². The molecule has 4 aromatic carbocycles. The Morgan fingerprint density at radius 3 is 1.44 bits per heavy atom. The molecule has 4 rings (SSSR count). The first-order valence-electron chi connectivity index (χ1n) is 11.6. The summed E-state index contributed by atoms with van der Waals surface area (Å²) in [6, 6.07) is 37.1. The molecule has 1 amide bonds. The van der Waals surface area contributed by atoms with E-state index in [1.165, 1.54) is 0 Å². The molecule has 0 heterocycles. The molecule has 1 unspecified atom stereocenters. The van der Waals surface area contributed by atoms with Crippen molar-refractivity contribution in [2.75, 3.05) is 0 Å². The fourth-order valence-electron chi connectivity index (χ4n) is 3.52. The van der Waals surface area contributed by atoms with Gasteiger partial charge in [-0.05, 0) is 22.3 Å². The number of amides is 1. The van der Waals surface area contributed by atoms with Crippen molar-refractivity contribution in [3.05, 3.63) is 144 Å². The maximum absolute atomic E-state index is 14.4. The predicted molar refractivity (Wildman–Crippen MR) is 139 cm³/mol. The normalized spacial score (nSPS) is 12.0. The molecule has 0 spiro atoms. The van der Waals surface area contributed by atoms with Crippen LogP contribution in [0.25, 0.3) is 0 Å². The highest BCUT2D eigenvalue weighted by atomic mass is 31.2. The zero-order valence-corrected chi connectivity index (χ0v) is 20.6. The first-order valence-corrected chi connectivity index (χ1v) is 13.2. The Morgan fingerprint density at radius 1 is 0.611 bits per heavy atom. The molecule has 1 N–H and O–H groups in total. The molecular weight excluding hydrogens is 473 g/mol. The molecule has 6 nitrogen and oxygen atoms in total. The minimum Gasteiger partial charge on any atom is -0.445 e. The van der Waals surface area contributed by atoms with Crippen molar-refractivity contribution >= 4 is 13.7 Å². The third-order valence-corrected chi connectivity index (χ3v) is 7.44. The summed E-state index contributed by atoms with van der Waals surface area (Å²) in [5.41, 5.74) is 3.09. The van der Waals surface area contributed by atoms with E-state index in [-0.39, 0.29) is 19.8 Å². The number of hydrogen-bond acceptors (Lipinski definition) is 5. The maximum Gasteiger partial charge on any atom is 0.408 e. The maximum atomic E-state index is 14.4. The van der Waals surface area contributed by atoms with Gasteiger partial charge in [0.1, 0.15) is 6.61 Å². The van der Waals surface area contributed by atoms with Crippen LogP contribution in [0.5, 0.6) is 0 Å². The Balaban J connectivity index is 1.57. The lowest BCUT2D eigenvalue weighted by molar-refractivity contribution is 0.132. The van der Waals surface area contributed by atoms with Crippen LogP contribution in [-0.2, 0) is 38.2 Å². The predicted octanol–water partition coefficient (Wildman–Crippen LogP) is 7.24. The number of ether oxygens (including phenoxy) is 1. The largest absolute Gasteiger partial charge is 0.445 e. The van der Waals surface area contributed by atoms with Crippen LogP contribution in [0.3, 0.4) is 0 Å². The first kappa shape index (κ1) is 25.4. The molecule has 0 saturated carbocycles. The van der Waals surface area contributed by atoms with Crippen molar-refractivity contribution in [3.8, 4) is 0 Å². The van der Waals surface area contributed by atoms with Crippen molar-refractivity contribution in [1.29, 1.82) is 0 Å². The minimum absolute atomic E-state index is 0.0526. The highest BCUT2D eigenvalue weighted by Gasteiger charge is 2.39. The highest BCUT2D eigenvalue weighted by Crippen LogP contribution is 2.60. The number of rotatable bonds is 11. The number of benzene rings is 4. The second kappa shape index (κ2) is 12.8. The fourth-order valence-corrected chi connectivity index (χ4v) is 5.35. The van der Waals surface area contributed by atoms with Gasteiger partial charge in [0.2, 0.25) is 0 Å². The first-order chi connectivity index (χ1) is 17.6. The van der Waals surface area contributed by atoms with Crippen LogP contribution < -0.4 is 5.32 Å². The van der Waals surface area contributed by atoms with Crippen LogP contribution in [0.15, 0.2) is 121 Å². The molecule has 0 aliphatic rings. The zero-order chi connectivity index (χ0) is 25.1. The zero-order valence-electron chi connectivity index (χ0n) is 19.7. The molecule has 0 aromatic heterocycles. The molecule has 0 saturated heterocycles.